The van der Waals surface area contributed by atoms with Gasteiger partial charge in [-0.2, -0.15) is 10.4 Å². The zero-order valence-corrected chi connectivity index (χ0v) is 12.1. The lowest BCUT2D eigenvalue weighted by molar-refractivity contribution is 0.0554. The number of aliphatic hydroxyl groups is 1. The molecule has 1 aromatic carbocycles. The molecule has 2 aromatic rings. The molecular weight excluding hydrogens is 250 g/mol. The van der Waals surface area contributed by atoms with Crippen molar-refractivity contribution in [2.24, 2.45) is 0 Å². The van der Waals surface area contributed by atoms with E-state index in [1.807, 2.05) is 24.6 Å². The first-order valence-electron chi connectivity index (χ1n) is 6.72. The molecule has 0 aliphatic rings. The van der Waals surface area contributed by atoms with Gasteiger partial charge < -0.3 is 5.11 Å². The van der Waals surface area contributed by atoms with E-state index in [9.17, 15) is 5.11 Å². The fourth-order valence-electron chi connectivity index (χ4n) is 2.37. The summed E-state index contributed by atoms with van der Waals surface area (Å²) in [7, 11) is 0. The van der Waals surface area contributed by atoms with E-state index in [4.69, 9.17) is 5.26 Å². The Morgan fingerprint density at radius 2 is 2.00 bits per heavy atom. The van der Waals surface area contributed by atoms with Gasteiger partial charge in [-0.15, -0.1) is 0 Å². The van der Waals surface area contributed by atoms with Crippen molar-refractivity contribution in [1.29, 1.82) is 5.26 Å². The quantitative estimate of drug-likeness (QED) is 0.927. The molecule has 0 amide bonds. The number of benzene rings is 1. The van der Waals surface area contributed by atoms with Crippen LogP contribution in [0.4, 0.5) is 0 Å². The first-order chi connectivity index (χ1) is 9.46. The molecule has 0 saturated heterocycles. The third kappa shape index (κ3) is 2.89. The summed E-state index contributed by atoms with van der Waals surface area (Å²) < 4.78 is 1.91. The van der Waals surface area contributed by atoms with Gasteiger partial charge in [0.2, 0.25) is 0 Å². The number of aryl methyl sites for hydroxylation is 2. The first-order valence-corrected chi connectivity index (χ1v) is 6.72. The van der Waals surface area contributed by atoms with Crippen molar-refractivity contribution in [2.75, 3.05) is 0 Å². The molecule has 1 heterocycles. The van der Waals surface area contributed by atoms with Crippen molar-refractivity contribution >= 4 is 0 Å². The molecule has 1 atom stereocenters. The largest absolute Gasteiger partial charge is 0.385 e. The van der Waals surface area contributed by atoms with Gasteiger partial charge >= 0.3 is 0 Å². The summed E-state index contributed by atoms with van der Waals surface area (Å²) in [5.41, 5.74) is 2.39. The number of hydrogen-bond donors (Lipinski definition) is 1. The first kappa shape index (κ1) is 14.3. The highest BCUT2D eigenvalue weighted by atomic mass is 16.3. The summed E-state index contributed by atoms with van der Waals surface area (Å²) in [6.07, 6.45) is 0.494. The zero-order chi connectivity index (χ0) is 14.8. The fraction of sp³-hybridized carbons (Fsp3) is 0.375. The molecule has 1 unspecified atom stereocenters. The highest BCUT2D eigenvalue weighted by Gasteiger charge is 2.25. The predicted octanol–water partition coefficient (Wildman–Crippen LogP) is 2.53. The number of hydrogen-bond acceptors (Lipinski definition) is 3. The molecule has 4 heteroatoms. The molecule has 0 aliphatic carbocycles. The maximum Gasteiger partial charge on any atom is 0.0991 e. The average Bonchev–Trinajstić information content (AvgIpc) is 2.78. The molecule has 1 N–H and O–H groups in total. The molecule has 0 radical (unpaired) electrons. The van der Waals surface area contributed by atoms with Crippen LogP contribution in [0.25, 0.3) is 0 Å². The maximum atomic E-state index is 10.7. The van der Waals surface area contributed by atoms with Gasteiger partial charge in [0.25, 0.3) is 0 Å². The highest BCUT2D eigenvalue weighted by molar-refractivity contribution is 5.34. The Balaban J connectivity index is 2.27. The standard InChI is InChI=1S/C16H19N3O/c1-4-19-15(9-12(2)18-19)10-16(3,20)14-7-5-13(11-17)6-8-14/h5-9,20H,4,10H2,1-3H3. The van der Waals surface area contributed by atoms with Crippen LogP contribution in [-0.4, -0.2) is 14.9 Å². The second-order valence-corrected chi connectivity index (χ2v) is 5.23. The Bertz CT molecular complexity index is 633. The van der Waals surface area contributed by atoms with Crippen molar-refractivity contribution in [3.63, 3.8) is 0 Å². The molecule has 2 rings (SSSR count). The van der Waals surface area contributed by atoms with Crippen LogP contribution in [0.5, 0.6) is 0 Å². The number of nitriles is 1. The monoisotopic (exact) mass is 269 g/mol. The van der Waals surface area contributed by atoms with Gasteiger partial charge in [0.1, 0.15) is 0 Å². The van der Waals surface area contributed by atoms with Crippen LogP contribution in [0.2, 0.25) is 0 Å². The Hall–Kier alpha value is -2.12. The second kappa shape index (κ2) is 5.48. The molecule has 0 fully saturated rings. The molecule has 0 spiro atoms. The summed E-state index contributed by atoms with van der Waals surface area (Å²) in [5, 5.41) is 23.9. The van der Waals surface area contributed by atoms with Crippen molar-refractivity contribution in [2.45, 2.75) is 39.3 Å². The molecule has 20 heavy (non-hydrogen) atoms. The fourth-order valence-corrected chi connectivity index (χ4v) is 2.37. The lowest BCUT2D eigenvalue weighted by atomic mass is 9.90. The van der Waals surface area contributed by atoms with E-state index in [1.54, 1.807) is 31.2 Å². The highest BCUT2D eigenvalue weighted by Crippen LogP contribution is 2.26. The SMILES string of the molecule is CCn1nc(C)cc1CC(C)(O)c1ccc(C#N)cc1. The van der Waals surface area contributed by atoms with E-state index in [2.05, 4.69) is 11.2 Å². The zero-order valence-electron chi connectivity index (χ0n) is 12.1. The lowest BCUT2D eigenvalue weighted by Gasteiger charge is -2.24. The molecule has 0 bridgehead atoms. The maximum absolute atomic E-state index is 10.7. The van der Waals surface area contributed by atoms with Crippen LogP contribution in [0, 0.1) is 18.3 Å². The summed E-state index contributed by atoms with van der Waals surface area (Å²) in [4.78, 5) is 0. The average molecular weight is 269 g/mol. The van der Waals surface area contributed by atoms with E-state index >= 15 is 0 Å². The van der Waals surface area contributed by atoms with Crippen molar-refractivity contribution in [1.82, 2.24) is 9.78 Å². The Labute approximate surface area is 119 Å². The minimum Gasteiger partial charge on any atom is -0.385 e. The predicted molar refractivity (Wildman–Crippen MR) is 77.1 cm³/mol. The summed E-state index contributed by atoms with van der Waals surface area (Å²) in [6.45, 7) is 6.56. The smallest absolute Gasteiger partial charge is 0.0991 e. The molecule has 1 aromatic heterocycles. The van der Waals surface area contributed by atoms with Crippen LogP contribution in [0.3, 0.4) is 0 Å². The Morgan fingerprint density at radius 3 is 2.55 bits per heavy atom. The van der Waals surface area contributed by atoms with E-state index in [0.717, 1.165) is 23.5 Å². The van der Waals surface area contributed by atoms with Crippen LogP contribution in [0.1, 0.15) is 36.4 Å². The molecule has 0 aliphatic heterocycles. The number of nitrogens with zero attached hydrogens (tertiary/aromatic N) is 3. The van der Waals surface area contributed by atoms with Gasteiger partial charge in [-0.05, 0) is 44.5 Å². The van der Waals surface area contributed by atoms with E-state index in [1.165, 1.54) is 0 Å². The third-order valence-corrected chi connectivity index (χ3v) is 3.45. The van der Waals surface area contributed by atoms with Crippen LogP contribution >= 0.6 is 0 Å². The normalized spacial score (nSPS) is 13.8. The van der Waals surface area contributed by atoms with Gasteiger partial charge in [-0.3, -0.25) is 4.68 Å². The van der Waals surface area contributed by atoms with Gasteiger partial charge in [0.15, 0.2) is 0 Å². The summed E-state index contributed by atoms with van der Waals surface area (Å²) >= 11 is 0. The summed E-state index contributed by atoms with van der Waals surface area (Å²) in [5.74, 6) is 0. The molecular formula is C16H19N3O. The van der Waals surface area contributed by atoms with Gasteiger partial charge in [-0.25, -0.2) is 0 Å². The van der Waals surface area contributed by atoms with E-state index in [-0.39, 0.29) is 0 Å². The lowest BCUT2D eigenvalue weighted by Crippen LogP contribution is -2.25. The Morgan fingerprint density at radius 1 is 1.35 bits per heavy atom. The molecule has 0 saturated carbocycles. The molecule has 104 valence electrons. The number of rotatable bonds is 4. The van der Waals surface area contributed by atoms with E-state index in [0.29, 0.717) is 12.0 Å². The second-order valence-electron chi connectivity index (χ2n) is 5.23. The van der Waals surface area contributed by atoms with Gasteiger partial charge in [0.05, 0.1) is 22.9 Å². The van der Waals surface area contributed by atoms with Gasteiger partial charge in [-0.1, -0.05) is 12.1 Å². The van der Waals surface area contributed by atoms with Crippen molar-refractivity contribution < 1.29 is 5.11 Å². The van der Waals surface area contributed by atoms with Crippen LogP contribution in [0.15, 0.2) is 30.3 Å². The number of aromatic nitrogens is 2. The van der Waals surface area contributed by atoms with Crippen molar-refractivity contribution in [3.8, 4) is 6.07 Å². The van der Waals surface area contributed by atoms with Gasteiger partial charge in [0, 0.05) is 18.7 Å². The van der Waals surface area contributed by atoms with Crippen LogP contribution in [-0.2, 0) is 18.6 Å². The topological polar surface area (TPSA) is 61.8 Å². The van der Waals surface area contributed by atoms with E-state index < -0.39 is 5.60 Å². The Kier molecular flexibility index (Phi) is 3.91. The third-order valence-electron chi connectivity index (χ3n) is 3.45. The minimum atomic E-state index is -0.979. The van der Waals surface area contributed by atoms with Crippen molar-refractivity contribution in [3.05, 3.63) is 52.8 Å². The summed E-state index contributed by atoms with van der Waals surface area (Å²) in [6, 6.07) is 11.1. The van der Waals surface area contributed by atoms with Crippen LogP contribution < -0.4 is 0 Å². The molecule has 4 nitrogen and oxygen atoms in total. The minimum absolute atomic E-state index is 0.494.